The third kappa shape index (κ3) is 9.62. The molecule has 78 valence electrons. The predicted octanol–water partition coefficient (Wildman–Crippen LogP) is -2.46. The third-order valence-electron chi connectivity index (χ3n) is 1.22. The molecule has 0 aromatic heterocycles. The Morgan fingerprint density at radius 2 is 1.29 bits per heavy atom. The summed E-state index contributed by atoms with van der Waals surface area (Å²) in [5, 5.41) is 5.29. The molecule has 2 N–H and O–H groups in total. The largest absolute Gasteiger partial charge is 1.00 e. The van der Waals surface area contributed by atoms with Crippen LogP contribution in [0.3, 0.4) is 0 Å². The van der Waals surface area contributed by atoms with E-state index in [-0.39, 0.29) is 50.6 Å². The van der Waals surface area contributed by atoms with Crippen LogP contribution >= 0.6 is 0 Å². The molecular formula is C9H19LiN2O2. The average Bonchev–Trinajstić information content (AvgIpc) is 1.80. The molecule has 0 spiro atoms. The maximum atomic E-state index is 11.1. The molecule has 0 aliphatic rings. The van der Waals surface area contributed by atoms with Crippen LogP contribution in [0, 0.1) is 0 Å². The van der Waals surface area contributed by atoms with Gasteiger partial charge in [-0.25, -0.2) is 0 Å². The molecule has 14 heavy (non-hydrogen) atoms. The van der Waals surface area contributed by atoms with E-state index in [2.05, 4.69) is 10.6 Å². The van der Waals surface area contributed by atoms with Crippen LogP contribution < -0.4 is 29.5 Å². The number of nitrogens with one attached hydrogen (secondary N) is 2. The summed E-state index contributed by atoms with van der Waals surface area (Å²) in [6.45, 7) is 7.44. The van der Waals surface area contributed by atoms with Crippen molar-refractivity contribution < 1.29 is 29.9 Å². The number of carbonyl (C=O) groups is 2. The van der Waals surface area contributed by atoms with Crippen LogP contribution in [0.25, 0.3) is 0 Å². The fourth-order valence-corrected chi connectivity index (χ4v) is 0.892. The molecule has 0 aliphatic heterocycles. The molecule has 4 nitrogen and oxygen atoms in total. The van der Waals surface area contributed by atoms with Gasteiger partial charge in [0.05, 0.1) is 0 Å². The molecule has 0 aliphatic carbocycles. The number of carbonyl (C=O) groups excluding carboxylic acids is 2. The van der Waals surface area contributed by atoms with E-state index in [0.717, 1.165) is 0 Å². The van der Waals surface area contributed by atoms with Crippen molar-refractivity contribution in [3.05, 3.63) is 0 Å². The summed E-state index contributed by atoms with van der Waals surface area (Å²) >= 11 is 0. The standard InChI is InChI=1S/C9H18N2O2.Li.H/c1-6(2)10-8(12)5-9(13)11-7(3)4;;/h6-7H,5H2,1-4H3,(H,10,12)(H,11,13);;/q;+1;-1. The molecule has 0 aromatic carbocycles. The molecule has 0 bridgehead atoms. The summed E-state index contributed by atoms with van der Waals surface area (Å²) in [5.41, 5.74) is 0. The summed E-state index contributed by atoms with van der Waals surface area (Å²) in [4.78, 5) is 22.1. The Hall–Kier alpha value is -0.463. The number of amides is 2. The Labute approximate surface area is 98.9 Å². The molecule has 0 saturated heterocycles. The van der Waals surface area contributed by atoms with E-state index in [1.807, 2.05) is 27.7 Å². The van der Waals surface area contributed by atoms with Gasteiger partial charge in [-0.1, -0.05) is 0 Å². The van der Waals surface area contributed by atoms with Gasteiger partial charge in [-0.2, -0.15) is 0 Å². The Kier molecular flexibility index (Phi) is 9.02. The zero-order valence-electron chi connectivity index (χ0n) is 10.7. The smallest absolute Gasteiger partial charge is 1.00 e. The summed E-state index contributed by atoms with van der Waals surface area (Å²) in [5.74, 6) is -0.457. The first-order valence-corrected chi connectivity index (χ1v) is 4.50. The molecule has 0 fully saturated rings. The van der Waals surface area contributed by atoms with Gasteiger partial charge in [-0.05, 0) is 27.7 Å². The molecule has 0 heterocycles. The van der Waals surface area contributed by atoms with Crippen molar-refractivity contribution in [1.29, 1.82) is 0 Å². The minimum atomic E-state index is -0.229. The Bertz CT molecular complexity index is 179. The second kappa shape index (κ2) is 7.90. The van der Waals surface area contributed by atoms with E-state index in [0.29, 0.717) is 0 Å². The van der Waals surface area contributed by atoms with Crippen molar-refractivity contribution in [3.8, 4) is 0 Å². The molecule has 5 heteroatoms. The van der Waals surface area contributed by atoms with Gasteiger partial charge in [0.25, 0.3) is 0 Å². The van der Waals surface area contributed by atoms with Crippen LogP contribution in [-0.4, -0.2) is 23.9 Å². The van der Waals surface area contributed by atoms with Crippen LogP contribution in [0.5, 0.6) is 0 Å². The Morgan fingerprint density at radius 1 is 1.00 bits per heavy atom. The normalized spacial score (nSPS) is 9.57. The van der Waals surface area contributed by atoms with E-state index in [9.17, 15) is 9.59 Å². The van der Waals surface area contributed by atoms with E-state index in [1.54, 1.807) is 0 Å². The fraction of sp³-hybridized carbons (Fsp3) is 0.778. The van der Waals surface area contributed by atoms with Crippen molar-refractivity contribution in [2.24, 2.45) is 0 Å². The maximum Gasteiger partial charge on any atom is 1.00 e. The summed E-state index contributed by atoms with van der Waals surface area (Å²) < 4.78 is 0. The number of rotatable bonds is 4. The van der Waals surface area contributed by atoms with Crippen LogP contribution in [0.15, 0.2) is 0 Å². The third-order valence-corrected chi connectivity index (χ3v) is 1.22. The van der Waals surface area contributed by atoms with Crippen LogP contribution in [-0.2, 0) is 9.59 Å². The van der Waals surface area contributed by atoms with Gasteiger partial charge in [0.1, 0.15) is 6.42 Å². The second-order valence-electron chi connectivity index (χ2n) is 3.62. The summed E-state index contributed by atoms with van der Waals surface area (Å²) in [6.07, 6.45) is -0.0869. The number of hydrogen-bond donors (Lipinski definition) is 2. The van der Waals surface area contributed by atoms with Gasteiger partial charge in [0, 0.05) is 12.1 Å². The quantitative estimate of drug-likeness (QED) is 0.385. The molecule has 0 radical (unpaired) electrons. The predicted molar refractivity (Wildman–Crippen MR) is 52.3 cm³/mol. The van der Waals surface area contributed by atoms with Gasteiger partial charge < -0.3 is 12.1 Å². The van der Waals surface area contributed by atoms with E-state index < -0.39 is 0 Å². The van der Waals surface area contributed by atoms with Crippen LogP contribution in [0.1, 0.15) is 35.5 Å². The van der Waals surface area contributed by atoms with Crippen molar-refractivity contribution in [3.63, 3.8) is 0 Å². The van der Waals surface area contributed by atoms with Crippen LogP contribution in [0.2, 0.25) is 0 Å². The average molecular weight is 194 g/mol. The second-order valence-corrected chi connectivity index (χ2v) is 3.62. The van der Waals surface area contributed by atoms with Gasteiger partial charge in [0.15, 0.2) is 0 Å². The zero-order valence-corrected chi connectivity index (χ0v) is 9.68. The molecule has 0 rings (SSSR count). The van der Waals surface area contributed by atoms with Crippen molar-refractivity contribution >= 4 is 11.8 Å². The van der Waals surface area contributed by atoms with Crippen LogP contribution in [0.4, 0.5) is 0 Å². The topological polar surface area (TPSA) is 58.2 Å². The molecular weight excluding hydrogens is 175 g/mol. The van der Waals surface area contributed by atoms with Crippen molar-refractivity contribution in [2.45, 2.75) is 46.2 Å². The van der Waals surface area contributed by atoms with Gasteiger partial charge in [0.2, 0.25) is 11.8 Å². The summed E-state index contributed by atoms with van der Waals surface area (Å²) in [6, 6.07) is 0.165. The van der Waals surface area contributed by atoms with Crippen molar-refractivity contribution in [2.75, 3.05) is 0 Å². The number of hydrogen-bond acceptors (Lipinski definition) is 2. The zero-order chi connectivity index (χ0) is 10.4. The Morgan fingerprint density at radius 3 is 1.50 bits per heavy atom. The maximum absolute atomic E-state index is 11.1. The van der Waals surface area contributed by atoms with Gasteiger partial charge in [-0.15, -0.1) is 0 Å². The molecule has 0 saturated carbocycles. The van der Waals surface area contributed by atoms with E-state index in [4.69, 9.17) is 0 Å². The first kappa shape index (κ1) is 16.0. The monoisotopic (exact) mass is 194 g/mol. The molecule has 0 unspecified atom stereocenters. The molecule has 0 aromatic rings. The molecule has 2 amide bonds. The minimum Gasteiger partial charge on any atom is -1.00 e. The van der Waals surface area contributed by atoms with Gasteiger partial charge >= 0.3 is 18.9 Å². The molecule has 0 atom stereocenters. The van der Waals surface area contributed by atoms with Gasteiger partial charge in [-0.3, -0.25) is 9.59 Å². The fourth-order valence-electron chi connectivity index (χ4n) is 0.892. The van der Waals surface area contributed by atoms with E-state index >= 15 is 0 Å². The minimum absolute atomic E-state index is 0. The summed E-state index contributed by atoms with van der Waals surface area (Å²) in [7, 11) is 0. The van der Waals surface area contributed by atoms with Crippen molar-refractivity contribution in [1.82, 2.24) is 10.6 Å². The first-order chi connectivity index (χ1) is 5.91. The first-order valence-electron chi connectivity index (χ1n) is 4.50. The van der Waals surface area contributed by atoms with E-state index in [1.165, 1.54) is 0 Å². The Balaban J connectivity index is -0.000000720. The SMILES string of the molecule is CC(C)NC(=O)CC(=O)NC(C)C.[H-].[Li+].